The van der Waals surface area contributed by atoms with E-state index in [1.54, 1.807) is 23.4 Å². The second-order valence-corrected chi connectivity index (χ2v) is 9.48. The molecule has 1 unspecified atom stereocenters. The van der Waals surface area contributed by atoms with Crippen LogP contribution in [0.2, 0.25) is 0 Å². The Balaban J connectivity index is 1.84. The van der Waals surface area contributed by atoms with Crippen LogP contribution < -0.4 is 5.73 Å². The number of nitrogens with two attached hydrogens (primary N) is 1. The molecular weight excluding hydrogens is 338 g/mol. The van der Waals surface area contributed by atoms with Gasteiger partial charge >= 0.3 is 0 Å². The van der Waals surface area contributed by atoms with Crippen molar-refractivity contribution in [2.24, 2.45) is 11.1 Å². The summed E-state index contributed by atoms with van der Waals surface area (Å²) < 4.78 is 27.6. The van der Waals surface area contributed by atoms with Gasteiger partial charge in [0.05, 0.1) is 4.90 Å². The van der Waals surface area contributed by atoms with Gasteiger partial charge in [-0.15, -0.1) is 0 Å². The van der Waals surface area contributed by atoms with E-state index in [1.807, 2.05) is 17.9 Å². The Hall–Kier alpha value is -1.44. The van der Waals surface area contributed by atoms with Crippen molar-refractivity contribution < 1.29 is 13.2 Å². The summed E-state index contributed by atoms with van der Waals surface area (Å²) in [7, 11) is -3.50. The van der Waals surface area contributed by atoms with Crippen LogP contribution in [0.15, 0.2) is 23.1 Å². The molecule has 0 aromatic heterocycles. The van der Waals surface area contributed by atoms with E-state index in [0.717, 1.165) is 24.0 Å². The minimum atomic E-state index is -3.50. The lowest BCUT2D eigenvalue weighted by molar-refractivity contribution is -0.128. The fourth-order valence-electron chi connectivity index (χ4n) is 3.68. The Bertz CT molecular complexity index is 778. The van der Waals surface area contributed by atoms with Crippen molar-refractivity contribution in [2.75, 3.05) is 32.7 Å². The zero-order valence-electron chi connectivity index (χ0n) is 15.0. The van der Waals surface area contributed by atoms with E-state index in [-0.39, 0.29) is 11.3 Å². The first kappa shape index (κ1) is 18.4. The number of nitrogens with zero attached hydrogens (tertiary/aromatic N) is 2. The number of fused-ring (bicyclic) bond motifs is 1. The molecule has 2 aliphatic heterocycles. The van der Waals surface area contributed by atoms with Crippen molar-refractivity contribution in [3.63, 3.8) is 0 Å². The van der Waals surface area contributed by atoms with E-state index in [9.17, 15) is 13.2 Å². The standard InChI is InChI=1S/C18H27N3O3S/c1-14(22)20-8-5-15-3-4-17(11-16(15)6-9-20)25(23,24)21-10-7-18(2,12-19)13-21/h3-4,11H,5-10,12-13,19H2,1-2H3. The zero-order valence-corrected chi connectivity index (χ0v) is 15.8. The number of hydrogen-bond donors (Lipinski definition) is 1. The molecule has 2 aliphatic rings. The first-order valence-corrected chi connectivity index (χ1v) is 10.3. The lowest BCUT2D eigenvalue weighted by atomic mass is 9.90. The van der Waals surface area contributed by atoms with Crippen LogP contribution in [0.4, 0.5) is 0 Å². The van der Waals surface area contributed by atoms with Gasteiger partial charge in [-0.25, -0.2) is 8.42 Å². The monoisotopic (exact) mass is 365 g/mol. The third-order valence-electron chi connectivity index (χ3n) is 5.58. The Morgan fingerprint density at radius 1 is 1.20 bits per heavy atom. The summed E-state index contributed by atoms with van der Waals surface area (Å²) in [6.45, 7) is 6.43. The molecule has 138 valence electrons. The number of benzene rings is 1. The molecule has 3 rings (SSSR count). The topological polar surface area (TPSA) is 83.7 Å². The van der Waals surface area contributed by atoms with Gasteiger partial charge in [-0.05, 0) is 54.5 Å². The molecule has 1 aromatic carbocycles. The van der Waals surface area contributed by atoms with Crippen LogP contribution in [-0.4, -0.2) is 56.3 Å². The van der Waals surface area contributed by atoms with E-state index in [2.05, 4.69) is 0 Å². The second kappa shape index (κ2) is 6.70. The highest BCUT2D eigenvalue weighted by molar-refractivity contribution is 7.89. The van der Waals surface area contributed by atoms with Gasteiger partial charge in [0.1, 0.15) is 0 Å². The van der Waals surface area contributed by atoms with E-state index in [4.69, 9.17) is 5.73 Å². The average molecular weight is 365 g/mol. The Kier molecular flexibility index (Phi) is 4.92. The molecule has 0 aliphatic carbocycles. The SMILES string of the molecule is CC(=O)N1CCc2ccc(S(=O)(=O)N3CCC(C)(CN)C3)cc2CC1. The van der Waals surface area contributed by atoms with E-state index in [1.165, 1.54) is 0 Å². The van der Waals surface area contributed by atoms with Crippen molar-refractivity contribution in [3.05, 3.63) is 29.3 Å². The van der Waals surface area contributed by atoms with Crippen LogP contribution in [0.3, 0.4) is 0 Å². The van der Waals surface area contributed by atoms with Gasteiger partial charge in [-0.1, -0.05) is 13.0 Å². The largest absolute Gasteiger partial charge is 0.342 e. The van der Waals surface area contributed by atoms with Crippen LogP contribution in [0.5, 0.6) is 0 Å². The molecule has 1 saturated heterocycles. The molecule has 0 spiro atoms. The van der Waals surface area contributed by atoms with Gasteiger partial charge in [0.25, 0.3) is 0 Å². The third-order valence-corrected chi connectivity index (χ3v) is 7.42. The van der Waals surface area contributed by atoms with Crippen LogP contribution in [0.25, 0.3) is 0 Å². The number of carbonyl (C=O) groups excluding carboxylic acids is 1. The minimum Gasteiger partial charge on any atom is -0.342 e. The predicted molar refractivity (Wildman–Crippen MR) is 96.6 cm³/mol. The van der Waals surface area contributed by atoms with Crippen LogP contribution in [-0.2, 0) is 27.7 Å². The summed E-state index contributed by atoms with van der Waals surface area (Å²) in [5.74, 6) is 0.0683. The van der Waals surface area contributed by atoms with E-state index < -0.39 is 10.0 Å². The van der Waals surface area contributed by atoms with Gasteiger partial charge in [0, 0.05) is 33.1 Å². The lowest BCUT2D eigenvalue weighted by Crippen LogP contribution is -2.34. The summed E-state index contributed by atoms with van der Waals surface area (Å²) in [6, 6.07) is 5.41. The molecule has 0 bridgehead atoms. The van der Waals surface area contributed by atoms with Crippen molar-refractivity contribution in [1.82, 2.24) is 9.21 Å². The molecule has 1 amide bonds. The molecule has 7 heteroatoms. The average Bonchev–Trinajstić information content (AvgIpc) is 2.86. The fraction of sp³-hybridized carbons (Fsp3) is 0.611. The Labute approximate surface area is 150 Å². The minimum absolute atomic E-state index is 0.0683. The summed E-state index contributed by atoms with van der Waals surface area (Å²) >= 11 is 0. The van der Waals surface area contributed by atoms with Crippen LogP contribution in [0, 0.1) is 5.41 Å². The van der Waals surface area contributed by atoms with Crippen LogP contribution >= 0.6 is 0 Å². The molecule has 6 nitrogen and oxygen atoms in total. The van der Waals surface area contributed by atoms with Gasteiger partial charge in [-0.2, -0.15) is 4.31 Å². The number of sulfonamides is 1. The highest BCUT2D eigenvalue weighted by Gasteiger charge is 2.39. The fourth-order valence-corrected chi connectivity index (χ4v) is 5.32. The van der Waals surface area contributed by atoms with Crippen molar-refractivity contribution >= 4 is 15.9 Å². The first-order valence-electron chi connectivity index (χ1n) is 8.83. The lowest BCUT2D eigenvalue weighted by Gasteiger charge is -2.22. The number of hydrogen-bond acceptors (Lipinski definition) is 4. The highest BCUT2D eigenvalue weighted by Crippen LogP contribution is 2.33. The molecule has 0 saturated carbocycles. The van der Waals surface area contributed by atoms with Crippen molar-refractivity contribution in [1.29, 1.82) is 0 Å². The Morgan fingerprint density at radius 3 is 2.48 bits per heavy atom. The first-order chi connectivity index (χ1) is 11.7. The van der Waals surface area contributed by atoms with Gasteiger partial charge in [0.2, 0.25) is 15.9 Å². The quantitative estimate of drug-likeness (QED) is 0.866. The van der Waals surface area contributed by atoms with Gasteiger partial charge in [0.15, 0.2) is 0 Å². The molecule has 1 atom stereocenters. The van der Waals surface area contributed by atoms with E-state index >= 15 is 0 Å². The normalized spacial score (nSPS) is 24.8. The third kappa shape index (κ3) is 3.59. The summed E-state index contributed by atoms with van der Waals surface area (Å²) in [6.07, 6.45) is 2.25. The molecule has 0 radical (unpaired) electrons. The smallest absolute Gasteiger partial charge is 0.243 e. The molecule has 2 N–H and O–H groups in total. The second-order valence-electron chi connectivity index (χ2n) is 7.54. The molecule has 1 fully saturated rings. The van der Waals surface area contributed by atoms with Crippen molar-refractivity contribution in [2.45, 2.75) is 38.0 Å². The summed E-state index contributed by atoms with van der Waals surface area (Å²) in [5, 5.41) is 0. The summed E-state index contributed by atoms with van der Waals surface area (Å²) in [4.78, 5) is 13.8. The number of carbonyl (C=O) groups is 1. The Morgan fingerprint density at radius 2 is 1.88 bits per heavy atom. The maximum absolute atomic E-state index is 13.0. The highest BCUT2D eigenvalue weighted by atomic mass is 32.2. The van der Waals surface area contributed by atoms with E-state index in [0.29, 0.717) is 44.0 Å². The zero-order chi connectivity index (χ0) is 18.2. The summed E-state index contributed by atoms with van der Waals surface area (Å²) in [5.41, 5.74) is 7.83. The molecular formula is C18H27N3O3S. The van der Waals surface area contributed by atoms with Crippen molar-refractivity contribution in [3.8, 4) is 0 Å². The maximum Gasteiger partial charge on any atom is 0.243 e. The molecule has 2 heterocycles. The van der Waals surface area contributed by atoms with Gasteiger partial charge in [-0.3, -0.25) is 4.79 Å². The van der Waals surface area contributed by atoms with Crippen LogP contribution in [0.1, 0.15) is 31.4 Å². The number of amides is 1. The molecule has 25 heavy (non-hydrogen) atoms. The predicted octanol–water partition coefficient (Wildman–Crippen LogP) is 0.993. The number of rotatable bonds is 3. The molecule has 1 aromatic rings. The van der Waals surface area contributed by atoms with Gasteiger partial charge < -0.3 is 10.6 Å². The maximum atomic E-state index is 13.0.